The third kappa shape index (κ3) is 1.16. The van der Waals surface area contributed by atoms with Crippen molar-refractivity contribution in [3.8, 4) is 0 Å². The summed E-state index contributed by atoms with van der Waals surface area (Å²) in [5.74, 6) is 0.0984. The summed E-state index contributed by atoms with van der Waals surface area (Å²) in [5, 5.41) is 1.78. The van der Waals surface area contributed by atoms with Gasteiger partial charge in [-0.25, -0.2) is 0 Å². The van der Waals surface area contributed by atoms with Crippen LogP contribution in [0.5, 0.6) is 0 Å². The van der Waals surface area contributed by atoms with E-state index in [1.54, 1.807) is 12.3 Å². The molecule has 1 heterocycles. The van der Waals surface area contributed by atoms with E-state index >= 15 is 0 Å². The number of hydrogen-bond acceptors (Lipinski definition) is 3. The highest BCUT2D eigenvalue weighted by Crippen LogP contribution is 2.08. The molecule has 0 fully saturated rings. The van der Waals surface area contributed by atoms with Gasteiger partial charge in [-0.15, -0.1) is 0 Å². The van der Waals surface area contributed by atoms with Crippen molar-refractivity contribution in [1.29, 1.82) is 0 Å². The van der Waals surface area contributed by atoms with Gasteiger partial charge in [-0.05, 0) is 25.4 Å². The average Bonchev–Trinajstić information content (AvgIpc) is 2.13. The third-order valence-corrected chi connectivity index (χ3v) is 1.85. The zero-order chi connectivity index (χ0) is 6.85. The van der Waals surface area contributed by atoms with Gasteiger partial charge in [-0.1, -0.05) is 0 Å². The number of nitrogens with zero attached hydrogens (tertiary/aromatic N) is 1. The van der Waals surface area contributed by atoms with E-state index in [0.29, 0.717) is 0 Å². The first-order valence-corrected chi connectivity index (χ1v) is 3.47. The Bertz CT molecular complexity index is 229. The van der Waals surface area contributed by atoms with E-state index in [1.807, 2.05) is 6.92 Å². The SMILES string of the molecule is CC(=O)c1csnc1C. The number of rotatable bonds is 1. The number of aryl methyl sites for hydroxylation is 1. The van der Waals surface area contributed by atoms with Crippen molar-refractivity contribution in [3.63, 3.8) is 0 Å². The summed E-state index contributed by atoms with van der Waals surface area (Å²) in [7, 11) is 0. The van der Waals surface area contributed by atoms with Crippen LogP contribution in [-0.4, -0.2) is 10.2 Å². The van der Waals surface area contributed by atoms with Gasteiger partial charge < -0.3 is 0 Å². The molecular formula is C6H7NOS. The maximum atomic E-state index is 10.7. The smallest absolute Gasteiger partial charge is 0.162 e. The molecule has 0 aliphatic carbocycles. The first kappa shape index (κ1) is 6.42. The summed E-state index contributed by atoms with van der Waals surface area (Å²) < 4.78 is 3.96. The van der Waals surface area contributed by atoms with Gasteiger partial charge in [0.15, 0.2) is 5.78 Å². The van der Waals surface area contributed by atoms with Gasteiger partial charge in [0, 0.05) is 5.38 Å². The molecule has 0 saturated carbocycles. The molecule has 3 heteroatoms. The Hall–Kier alpha value is -0.700. The lowest BCUT2D eigenvalue weighted by molar-refractivity contribution is 0.101. The van der Waals surface area contributed by atoms with E-state index in [-0.39, 0.29) is 5.78 Å². The molecule has 0 spiro atoms. The lowest BCUT2D eigenvalue weighted by Gasteiger charge is -1.85. The minimum absolute atomic E-state index is 0.0984. The molecule has 0 aliphatic rings. The van der Waals surface area contributed by atoms with Crippen LogP contribution < -0.4 is 0 Å². The van der Waals surface area contributed by atoms with Crippen molar-refractivity contribution >= 4 is 17.3 Å². The number of hydrogen-bond donors (Lipinski definition) is 0. The fourth-order valence-electron chi connectivity index (χ4n) is 0.630. The monoisotopic (exact) mass is 141 g/mol. The Balaban J connectivity index is 3.08. The van der Waals surface area contributed by atoms with E-state index in [2.05, 4.69) is 4.37 Å². The molecule has 0 bridgehead atoms. The molecule has 0 aliphatic heterocycles. The van der Waals surface area contributed by atoms with Crippen molar-refractivity contribution in [2.45, 2.75) is 13.8 Å². The predicted molar refractivity (Wildman–Crippen MR) is 36.9 cm³/mol. The van der Waals surface area contributed by atoms with Crippen LogP contribution in [0.3, 0.4) is 0 Å². The Labute approximate surface area is 57.7 Å². The van der Waals surface area contributed by atoms with E-state index in [9.17, 15) is 4.79 Å². The highest BCUT2D eigenvalue weighted by molar-refractivity contribution is 7.03. The molecule has 0 saturated heterocycles. The summed E-state index contributed by atoms with van der Waals surface area (Å²) in [5.41, 5.74) is 1.59. The van der Waals surface area contributed by atoms with Gasteiger partial charge in [0.2, 0.25) is 0 Å². The molecule has 0 N–H and O–H groups in total. The van der Waals surface area contributed by atoms with Crippen molar-refractivity contribution < 1.29 is 4.79 Å². The van der Waals surface area contributed by atoms with E-state index < -0.39 is 0 Å². The summed E-state index contributed by atoms with van der Waals surface area (Å²) in [6.45, 7) is 3.39. The van der Waals surface area contributed by atoms with E-state index in [1.165, 1.54) is 11.5 Å². The number of ketones is 1. The van der Waals surface area contributed by atoms with Crippen molar-refractivity contribution in [1.82, 2.24) is 4.37 Å². The zero-order valence-electron chi connectivity index (χ0n) is 5.34. The molecule has 1 aromatic rings. The van der Waals surface area contributed by atoms with Crippen LogP contribution in [0.25, 0.3) is 0 Å². The summed E-state index contributed by atoms with van der Waals surface area (Å²) in [6.07, 6.45) is 0. The maximum Gasteiger partial charge on any atom is 0.162 e. The minimum atomic E-state index is 0.0984. The topological polar surface area (TPSA) is 30.0 Å². The number of Topliss-reactive ketones (excluding diaryl/α,β-unsaturated/α-hetero) is 1. The lowest BCUT2D eigenvalue weighted by Crippen LogP contribution is -1.90. The Morgan fingerprint density at radius 3 is 2.67 bits per heavy atom. The number of carbonyl (C=O) groups is 1. The summed E-state index contributed by atoms with van der Waals surface area (Å²) in [4.78, 5) is 10.7. The molecule has 2 nitrogen and oxygen atoms in total. The van der Waals surface area contributed by atoms with Crippen LogP contribution in [-0.2, 0) is 0 Å². The van der Waals surface area contributed by atoms with E-state index in [4.69, 9.17) is 0 Å². The van der Waals surface area contributed by atoms with Crippen LogP contribution in [0.4, 0.5) is 0 Å². The largest absolute Gasteiger partial charge is 0.294 e. The van der Waals surface area contributed by atoms with Gasteiger partial charge in [-0.2, -0.15) is 4.37 Å². The van der Waals surface area contributed by atoms with Crippen LogP contribution in [0.1, 0.15) is 23.0 Å². The second kappa shape index (κ2) is 2.27. The first-order valence-electron chi connectivity index (χ1n) is 2.63. The maximum absolute atomic E-state index is 10.7. The molecule has 0 unspecified atom stereocenters. The van der Waals surface area contributed by atoms with Crippen LogP contribution in [0.15, 0.2) is 5.38 Å². The van der Waals surface area contributed by atoms with Crippen LogP contribution in [0, 0.1) is 6.92 Å². The van der Waals surface area contributed by atoms with Gasteiger partial charge >= 0.3 is 0 Å². The molecule has 48 valence electrons. The lowest BCUT2D eigenvalue weighted by atomic mass is 10.2. The van der Waals surface area contributed by atoms with Crippen molar-refractivity contribution in [2.75, 3.05) is 0 Å². The zero-order valence-corrected chi connectivity index (χ0v) is 6.16. The molecular weight excluding hydrogens is 134 g/mol. The molecule has 0 radical (unpaired) electrons. The standard InChI is InChI=1S/C6H7NOS/c1-4-6(5(2)8)3-9-7-4/h3H,1-2H3. The van der Waals surface area contributed by atoms with Gasteiger partial charge in [0.05, 0.1) is 11.3 Å². The summed E-state index contributed by atoms with van der Waals surface area (Å²) >= 11 is 1.32. The van der Waals surface area contributed by atoms with Crippen molar-refractivity contribution in [3.05, 3.63) is 16.6 Å². The first-order chi connectivity index (χ1) is 4.22. The molecule has 0 aromatic carbocycles. The second-order valence-corrected chi connectivity index (χ2v) is 2.50. The Kier molecular flexibility index (Phi) is 1.62. The predicted octanol–water partition coefficient (Wildman–Crippen LogP) is 1.65. The third-order valence-electron chi connectivity index (χ3n) is 1.13. The van der Waals surface area contributed by atoms with Crippen LogP contribution >= 0.6 is 11.5 Å². The van der Waals surface area contributed by atoms with Gasteiger partial charge in [0.1, 0.15) is 0 Å². The van der Waals surface area contributed by atoms with Gasteiger partial charge in [0.25, 0.3) is 0 Å². The normalized spacial score (nSPS) is 9.56. The molecule has 1 rings (SSSR count). The van der Waals surface area contributed by atoms with Crippen molar-refractivity contribution in [2.24, 2.45) is 0 Å². The highest BCUT2D eigenvalue weighted by atomic mass is 32.1. The Morgan fingerprint density at radius 2 is 2.44 bits per heavy atom. The molecule has 0 atom stereocenters. The number of aromatic nitrogens is 1. The quantitative estimate of drug-likeness (QED) is 0.557. The van der Waals surface area contributed by atoms with E-state index in [0.717, 1.165) is 11.3 Å². The Morgan fingerprint density at radius 1 is 1.78 bits per heavy atom. The fraction of sp³-hybridized carbons (Fsp3) is 0.333. The van der Waals surface area contributed by atoms with Gasteiger partial charge in [-0.3, -0.25) is 4.79 Å². The molecule has 1 aromatic heterocycles. The van der Waals surface area contributed by atoms with Crippen LogP contribution in [0.2, 0.25) is 0 Å². The highest BCUT2D eigenvalue weighted by Gasteiger charge is 2.03. The molecule has 0 amide bonds. The minimum Gasteiger partial charge on any atom is -0.294 e. The average molecular weight is 141 g/mol. The second-order valence-electron chi connectivity index (χ2n) is 1.87. The molecule has 9 heavy (non-hydrogen) atoms. The fourth-order valence-corrected chi connectivity index (χ4v) is 1.38. The summed E-state index contributed by atoms with van der Waals surface area (Å²) in [6, 6.07) is 0. The number of carbonyl (C=O) groups excluding carboxylic acids is 1.